The number of carbonyl (C=O) groups excluding carboxylic acids is 1. The van der Waals surface area contributed by atoms with Gasteiger partial charge in [0.05, 0.1) is 0 Å². The van der Waals surface area contributed by atoms with Gasteiger partial charge in [0, 0.05) is 12.6 Å². The first-order chi connectivity index (χ1) is 7.00. The largest absolute Gasteiger partial charge is 0.464 e. The van der Waals surface area contributed by atoms with Crippen molar-refractivity contribution in [3.05, 3.63) is 35.4 Å². The normalized spacial score (nSPS) is 9.47. The summed E-state index contributed by atoms with van der Waals surface area (Å²) in [6.07, 6.45) is -1.21. The van der Waals surface area contributed by atoms with E-state index in [9.17, 15) is 9.59 Å². The molecule has 5 nitrogen and oxygen atoms in total. The molecule has 2 amide bonds. The van der Waals surface area contributed by atoms with Crippen molar-refractivity contribution in [2.75, 3.05) is 7.05 Å². The van der Waals surface area contributed by atoms with Crippen LogP contribution in [-0.2, 0) is 0 Å². The number of aryl methyl sites for hydroxylation is 1. The van der Waals surface area contributed by atoms with Gasteiger partial charge in [-0.1, -0.05) is 17.7 Å². The van der Waals surface area contributed by atoms with E-state index in [-0.39, 0.29) is 0 Å². The fourth-order valence-corrected chi connectivity index (χ4v) is 0.970. The Kier molecular flexibility index (Phi) is 3.28. The molecule has 5 heteroatoms. The Morgan fingerprint density at radius 1 is 1.27 bits per heavy atom. The number of nitrogens with one attached hydrogen (secondary N) is 1. The molecule has 0 saturated heterocycles. The van der Waals surface area contributed by atoms with E-state index >= 15 is 0 Å². The molecule has 1 aromatic carbocycles. The maximum atomic E-state index is 11.5. The number of carbonyl (C=O) groups is 2. The quantitative estimate of drug-likeness (QED) is 0.682. The first kappa shape index (κ1) is 11.0. The summed E-state index contributed by atoms with van der Waals surface area (Å²) >= 11 is 0. The molecule has 0 fully saturated rings. The molecule has 0 spiro atoms. The fraction of sp³-hybridized carbons (Fsp3) is 0.200. The molecule has 2 N–H and O–H groups in total. The minimum absolute atomic E-state index is 0.425. The summed E-state index contributed by atoms with van der Waals surface area (Å²) in [6, 6.07) is 6.85. The van der Waals surface area contributed by atoms with Crippen molar-refractivity contribution in [2.45, 2.75) is 6.92 Å². The van der Waals surface area contributed by atoms with Crippen LogP contribution < -0.4 is 5.43 Å². The van der Waals surface area contributed by atoms with Gasteiger partial charge in [-0.3, -0.25) is 10.2 Å². The molecule has 0 saturated carbocycles. The van der Waals surface area contributed by atoms with Crippen LogP contribution in [0.15, 0.2) is 24.3 Å². The fourth-order valence-electron chi connectivity index (χ4n) is 0.970. The van der Waals surface area contributed by atoms with E-state index in [0.29, 0.717) is 10.6 Å². The monoisotopic (exact) mass is 208 g/mol. The van der Waals surface area contributed by atoms with Gasteiger partial charge < -0.3 is 5.11 Å². The van der Waals surface area contributed by atoms with Crippen molar-refractivity contribution >= 4 is 12.0 Å². The average molecular weight is 208 g/mol. The molecular formula is C10H12N2O3. The van der Waals surface area contributed by atoms with Gasteiger partial charge in [0.2, 0.25) is 0 Å². The van der Waals surface area contributed by atoms with Gasteiger partial charge in [-0.2, -0.15) is 0 Å². The van der Waals surface area contributed by atoms with E-state index in [1.54, 1.807) is 24.3 Å². The Morgan fingerprint density at radius 2 is 1.80 bits per heavy atom. The Bertz CT molecular complexity index is 373. The lowest BCUT2D eigenvalue weighted by Crippen LogP contribution is -2.42. The molecule has 0 aromatic heterocycles. The molecular weight excluding hydrogens is 196 g/mol. The number of amides is 2. The van der Waals surface area contributed by atoms with E-state index in [2.05, 4.69) is 5.43 Å². The summed E-state index contributed by atoms with van der Waals surface area (Å²) in [4.78, 5) is 21.9. The summed E-state index contributed by atoms with van der Waals surface area (Å²) in [7, 11) is 1.26. The minimum atomic E-state index is -1.21. The van der Waals surface area contributed by atoms with Crippen molar-refractivity contribution in [1.29, 1.82) is 0 Å². The topological polar surface area (TPSA) is 69.6 Å². The van der Waals surface area contributed by atoms with Crippen LogP contribution in [-0.4, -0.2) is 29.2 Å². The van der Waals surface area contributed by atoms with E-state index < -0.39 is 12.0 Å². The third-order valence-electron chi connectivity index (χ3n) is 1.87. The molecule has 0 bridgehead atoms. The molecule has 1 rings (SSSR count). The molecule has 1 aromatic rings. The highest BCUT2D eigenvalue weighted by atomic mass is 16.4. The number of rotatable bonds is 1. The van der Waals surface area contributed by atoms with Crippen LogP contribution in [0.2, 0.25) is 0 Å². The van der Waals surface area contributed by atoms with Gasteiger partial charge in [0.15, 0.2) is 0 Å². The summed E-state index contributed by atoms with van der Waals surface area (Å²) < 4.78 is 0. The Balaban J connectivity index is 2.69. The molecule has 0 unspecified atom stereocenters. The number of benzene rings is 1. The van der Waals surface area contributed by atoms with Crippen LogP contribution >= 0.6 is 0 Å². The number of carboxylic acid groups (broad SMARTS) is 1. The second kappa shape index (κ2) is 4.45. The third kappa shape index (κ3) is 2.98. The predicted octanol–water partition coefficient (Wildman–Crippen LogP) is 1.25. The standard InChI is InChI=1S/C10H12N2O3/c1-7-3-5-8(6-4-7)9(13)11-12(2)10(14)15/h3-6H,1-2H3,(H,11,13)(H,14,15). The van der Waals surface area contributed by atoms with Crippen LogP contribution in [0.25, 0.3) is 0 Å². The van der Waals surface area contributed by atoms with E-state index in [1.807, 2.05) is 6.92 Å². The number of nitrogens with zero attached hydrogens (tertiary/aromatic N) is 1. The zero-order valence-corrected chi connectivity index (χ0v) is 8.52. The van der Waals surface area contributed by atoms with Crippen LogP contribution in [0.3, 0.4) is 0 Å². The number of hydrogen-bond donors (Lipinski definition) is 2. The molecule has 0 radical (unpaired) electrons. The zero-order valence-electron chi connectivity index (χ0n) is 8.52. The van der Waals surface area contributed by atoms with Crippen molar-refractivity contribution in [3.8, 4) is 0 Å². The van der Waals surface area contributed by atoms with E-state index in [1.165, 1.54) is 7.05 Å². The van der Waals surface area contributed by atoms with Crippen LogP contribution in [0.1, 0.15) is 15.9 Å². The Morgan fingerprint density at radius 3 is 2.27 bits per heavy atom. The van der Waals surface area contributed by atoms with Gasteiger partial charge in [-0.05, 0) is 19.1 Å². The van der Waals surface area contributed by atoms with Crippen molar-refractivity contribution < 1.29 is 14.7 Å². The minimum Gasteiger partial charge on any atom is -0.464 e. The number of hydrogen-bond acceptors (Lipinski definition) is 2. The van der Waals surface area contributed by atoms with Crippen molar-refractivity contribution in [2.24, 2.45) is 0 Å². The SMILES string of the molecule is Cc1ccc(C(=O)NN(C)C(=O)O)cc1. The molecule has 0 aliphatic heterocycles. The summed E-state index contributed by atoms with van der Waals surface area (Å²) in [5.41, 5.74) is 3.67. The zero-order chi connectivity index (χ0) is 11.4. The summed E-state index contributed by atoms with van der Waals surface area (Å²) in [5, 5.41) is 9.24. The van der Waals surface area contributed by atoms with Crippen LogP contribution in [0.5, 0.6) is 0 Å². The highest BCUT2D eigenvalue weighted by Crippen LogP contribution is 2.02. The third-order valence-corrected chi connectivity index (χ3v) is 1.87. The Hall–Kier alpha value is -2.04. The molecule has 0 atom stereocenters. The maximum Gasteiger partial charge on any atom is 0.425 e. The molecule has 0 aliphatic rings. The van der Waals surface area contributed by atoms with Gasteiger partial charge in [-0.25, -0.2) is 9.80 Å². The Labute approximate surface area is 87.3 Å². The summed E-state index contributed by atoms with van der Waals surface area (Å²) in [5.74, 6) is -0.445. The highest BCUT2D eigenvalue weighted by Gasteiger charge is 2.10. The molecule has 0 aliphatic carbocycles. The molecule has 0 heterocycles. The van der Waals surface area contributed by atoms with Crippen LogP contribution in [0.4, 0.5) is 4.79 Å². The maximum absolute atomic E-state index is 11.5. The van der Waals surface area contributed by atoms with Crippen molar-refractivity contribution in [3.63, 3.8) is 0 Å². The molecule has 15 heavy (non-hydrogen) atoms. The first-order valence-electron chi connectivity index (χ1n) is 4.35. The smallest absolute Gasteiger partial charge is 0.425 e. The second-order valence-electron chi connectivity index (χ2n) is 3.15. The summed E-state index contributed by atoms with van der Waals surface area (Å²) in [6.45, 7) is 1.91. The lowest BCUT2D eigenvalue weighted by atomic mass is 10.1. The lowest BCUT2D eigenvalue weighted by Gasteiger charge is -2.14. The average Bonchev–Trinajstić information content (AvgIpc) is 2.18. The van der Waals surface area contributed by atoms with E-state index in [4.69, 9.17) is 5.11 Å². The lowest BCUT2D eigenvalue weighted by molar-refractivity contribution is 0.0801. The molecule has 80 valence electrons. The van der Waals surface area contributed by atoms with Gasteiger partial charge >= 0.3 is 6.09 Å². The number of hydrazine groups is 1. The van der Waals surface area contributed by atoms with Gasteiger partial charge in [-0.15, -0.1) is 0 Å². The first-order valence-corrected chi connectivity index (χ1v) is 4.35. The second-order valence-corrected chi connectivity index (χ2v) is 3.15. The van der Waals surface area contributed by atoms with E-state index in [0.717, 1.165) is 5.56 Å². The van der Waals surface area contributed by atoms with Crippen molar-refractivity contribution in [1.82, 2.24) is 10.4 Å². The van der Waals surface area contributed by atoms with Gasteiger partial charge in [0.1, 0.15) is 0 Å². The van der Waals surface area contributed by atoms with Crippen LogP contribution in [0, 0.1) is 6.92 Å². The predicted molar refractivity (Wildman–Crippen MR) is 54.4 cm³/mol. The highest BCUT2D eigenvalue weighted by molar-refractivity contribution is 5.94. The van der Waals surface area contributed by atoms with Gasteiger partial charge in [0.25, 0.3) is 5.91 Å².